The largest absolute Gasteiger partial charge is 0.497 e. The standard InChI is InChI=1S/C25H23BrClN3O4S/c1-4-29(35(32,33)21-12-5-17(26)6-13-21)16(2)24-28-23-15-18(27)7-14-22(23)25(31)30(24)19-8-10-20(34-3)11-9-19/h5-16H,4H2,1-3H3. The molecule has 182 valence electrons. The summed E-state index contributed by atoms with van der Waals surface area (Å²) >= 11 is 9.51. The number of benzene rings is 3. The van der Waals surface area contributed by atoms with E-state index in [2.05, 4.69) is 15.9 Å². The Morgan fingerprint density at radius 1 is 1.09 bits per heavy atom. The molecule has 35 heavy (non-hydrogen) atoms. The van der Waals surface area contributed by atoms with E-state index in [1.54, 1.807) is 87.7 Å². The van der Waals surface area contributed by atoms with Gasteiger partial charge in [0.25, 0.3) is 5.56 Å². The van der Waals surface area contributed by atoms with Crippen LogP contribution in [0.1, 0.15) is 25.7 Å². The van der Waals surface area contributed by atoms with Gasteiger partial charge in [-0.05, 0) is 73.7 Å². The highest BCUT2D eigenvalue weighted by atomic mass is 79.9. The molecule has 7 nitrogen and oxygen atoms in total. The SMILES string of the molecule is CCN(C(C)c1nc2cc(Cl)ccc2c(=O)n1-c1ccc(OC)cc1)S(=O)(=O)c1ccc(Br)cc1. The van der Waals surface area contributed by atoms with E-state index in [-0.39, 0.29) is 22.8 Å². The van der Waals surface area contributed by atoms with Crippen molar-refractivity contribution in [1.82, 2.24) is 13.9 Å². The lowest BCUT2D eigenvalue weighted by molar-refractivity contribution is 0.340. The summed E-state index contributed by atoms with van der Waals surface area (Å²) in [6.45, 7) is 3.64. The van der Waals surface area contributed by atoms with Crippen LogP contribution in [-0.2, 0) is 10.0 Å². The van der Waals surface area contributed by atoms with Crippen molar-refractivity contribution in [2.75, 3.05) is 13.7 Å². The minimum absolute atomic E-state index is 0.150. The van der Waals surface area contributed by atoms with Crippen LogP contribution in [0.5, 0.6) is 5.75 Å². The van der Waals surface area contributed by atoms with Crippen LogP contribution in [0.4, 0.5) is 0 Å². The highest BCUT2D eigenvalue weighted by Gasteiger charge is 2.32. The lowest BCUT2D eigenvalue weighted by Crippen LogP contribution is -2.37. The Balaban J connectivity index is 1.94. The van der Waals surface area contributed by atoms with Gasteiger partial charge in [-0.15, -0.1) is 0 Å². The summed E-state index contributed by atoms with van der Waals surface area (Å²) in [6, 6.07) is 17.5. The normalized spacial score (nSPS) is 12.7. The molecular weight excluding hydrogens is 554 g/mol. The Labute approximate surface area is 217 Å². The van der Waals surface area contributed by atoms with Gasteiger partial charge in [0.2, 0.25) is 10.0 Å². The van der Waals surface area contributed by atoms with Crippen molar-refractivity contribution in [2.24, 2.45) is 0 Å². The fourth-order valence-electron chi connectivity index (χ4n) is 3.96. The topological polar surface area (TPSA) is 81.5 Å². The van der Waals surface area contributed by atoms with Crippen molar-refractivity contribution in [3.63, 3.8) is 0 Å². The summed E-state index contributed by atoms with van der Waals surface area (Å²) in [5.41, 5.74) is 0.612. The number of hydrogen-bond donors (Lipinski definition) is 0. The fraction of sp³-hybridized carbons (Fsp3) is 0.200. The van der Waals surface area contributed by atoms with Gasteiger partial charge >= 0.3 is 0 Å². The first-order valence-electron chi connectivity index (χ1n) is 10.8. The first-order valence-corrected chi connectivity index (χ1v) is 13.4. The molecule has 0 amide bonds. The van der Waals surface area contributed by atoms with Gasteiger partial charge in [0.15, 0.2) is 0 Å². The molecule has 1 atom stereocenters. The third kappa shape index (κ3) is 4.86. The summed E-state index contributed by atoms with van der Waals surface area (Å²) in [6.07, 6.45) is 0. The molecule has 10 heteroatoms. The van der Waals surface area contributed by atoms with E-state index in [9.17, 15) is 13.2 Å². The lowest BCUT2D eigenvalue weighted by atomic mass is 10.2. The molecule has 4 aromatic rings. The molecule has 0 bridgehead atoms. The molecule has 0 fully saturated rings. The number of rotatable bonds is 7. The van der Waals surface area contributed by atoms with Crippen LogP contribution in [0.15, 0.2) is 80.9 Å². The summed E-state index contributed by atoms with van der Waals surface area (Å²) < 4.78 is 36.0. The third-order valence-electron chi connectivity index (χ3n) is 5.73. The van der Waals surface area contributed by atoms with Crippen LogP contribution < -0.4 is 10.3 Å². The van der Waals surface area contributed by atoms with Gasteiger partial charge in [0.1, 0.15) is 11.6 Å². The molecule has 1 unspecified atom stereocenters. The maximum Gasteiger partial charge on any atom is 0.266 e. The Kier molecular flexibility index (Phi) is 7.32. The van der Waals surface area contributed by atoms with E-state index in [4.69, 9.17) is 21.3 Å². The number of aromatic nitrogens is 2. The van der Waals surface area contributed by atoms with Crippen molar-refractivity contribution in [2.45, 2.75) is 24.8 Å². The van der Waals surface area contributed by atoms with E-state index in [1.807, 2.05) is 0 Å². The highest BCUT2D eigenvalue weighted by molar-refractivity contribution is 9.10. The van der Waals surface area contributed by atoms with Gasteiger partial charge in [-0.2, -0.15) is 4.31 Å². The van der Waals surface area contributed by atoms with Crippen molar-refractivity contribution in [3.8, 4) is 11.4 Å². The van der Waals surface area contributed by atoms with Crippen LogP contribution in [-0.4, -0.2) is 35.9 Å². The second-order valence-electron chi connectivity index (χ2n) is 7.81. The lowest BCUT2D eigenvalue weighted by Gasteiger charge is -2.28. The van der Waals surface area contributed by atoms with E-state index >= 15 is 0 Å². The molecule has 4 rings (SSSR count). The van der Waals surface area contributed by atoms with Gasteiger partial charge in [-0.25, -0.2) is 13.4 Å². The average Bonchev–Trinajstić information content (AvgIpc) is 2.84. The number of halogens is 2. The van der Waals surface area contributed by atoms with Crippen LogP contribution in [0.25, 0.3) is 16.6 Å². The van der Waals surface area contributed by atoms with Crippen LogP contribution in [0, 0.1) is 0 Å². The molecule has 3 aromatic carbocycles. The number of sulfonamides is 1. The quantitative estimate of drug-likeness (QED) is 0.287. The smallest absolute Gasteiger partial charge is 0.266 e. The van der Waals surface area contributed by atoms with Crippen molar-refractivity contribution >= 4 is 48.5 Å². The molecule has 0 N–H and O–H groups in total. The maximum atomic E-state index is 13.7. The van der Waals surface area contributed by atoms with Crippen molar-refractivity contribution in [1.29, 1.82) is 0 Å². The Hall–Kier alpha value is -2.72. The average molecular weight is 577 g/mol. The van der Waals surface area contributed by atoms with Gasteiger partial charge in [-0.3, -0.25) is 9.36 Å². The first-order chi connectivity index (χ1) is 16.7. The Bertz CT molecular complexity index is 1540. The maximum absolute atomic E-state index is 13.7. The number of ether oxygens (including phenoxy) is 1. The van der Waals surface area contributed by atoms with E-state index in [0.29, 0.717) is 27.4 Å². The summed E-state index contributed by atoms with van der Waals surface area (Å²) in [4.78, 5) is 18.6. The Morgan fingerprint density at radius 3 is 2.34 bits per heavy atom. The molecular formula is C25H23BrClN3O4S. The van der Waals surface area contributed by atoms with Crippen LogP contribution in [0.2, 0.25) is 5.02 Å². The van der Waals surface area contributed by atoms with Gasteiger partial charge < -0.3 is 4.74 Å². The summed E-state index contributed by atoms with van der Waals surface area (Å²) in [5, 5.41) is 0.806. The molecule has 0 spiro atoms. The Morgan fingerprint density at radius 2 is 1.74 bits per heavy atom. The predicted octanol–water partition coefficient (Wildman–Crippen LogP) is 5.58. The molecule has 1 heterocycles. The number of nitrogens with zero attached hydrogens (tertiary/aromatic N) is 3. The highest BCUT2D eigenvalue weighted by Crippen LogP contribution is 2.29. The summed E-state index contributed by atoms with van der Waals surface area (Å²) in [5.74, 6) is 0.905. The molecule has 0 saturated carbocycles. The van der Waals surface area contributed by atoms with Gasteiger partial charge in [-0.1, -0.05) is 34.5 Å². The second-order valence-corrected chi connectivity index (χ2v) is 11.1. The summed E-state index contributed by atoms with van der Waals surface area (Å²) in [7, 11) is -2.33. The zero-order valence-electron chi connectivity index (χ0n) is 19.3. The number of fused-ring (bicyclic) bond motifs is 1. The predicted molar refractivity (Wildman–Crippen MR) is 141 cm³/mol. The second kappa shape index (κ2) is 10.1. The zero-order chi connectivity index (χ0) is 25.3. The van der Waals surface area contributed by atoms with E-state index in [1.165, 1.54) is 8.87 Å². The van der Waals surface area contributed by atoms with Crippen LogP contribution >= 0.6 is 27.5 Å². The molecule has 0 radical (unpaired) electrons. The fourth-order valence-corrected chi connectivity index (χ4v) is 5.99. The van der Waals surface area contributed by atoms with E-state index in [0.717, 1.165) is 4.47 Å². The van der Waals surface area contributed by atoms with Crippen LogP contribution in [0.3, 0.4) is 0 Å². The molecule has 0 aliphatic rings. The van der Waals surface area contributed by atoms with Gasteiger partial charge in [0.05, 0.1) is 34.6 Å². The zero-order valence-corrected chi connectivity index (χ0v) is 22.4. The number of hydrogen-bond acceptors (Lipinski definition) is 5. The molecule has 0 aliphatic carbocycles. The monoisotopic (exact) mass is 575 g/mol. The van der Waals surface area contributed by atoms with E-state index < -0.39 is 16.1 Å². The third-order valence-corrected chi connectivity index (χ3v) is 8.55. The van der Waals surface area contributed by atoms with Crippen molar-refractivity contribution < 1.29 is 13.2 Å². The number of methoxy groups -OCH3 is 1. The molecule has 0 aliphatic heterocycles. The van der Waals surface area contributed by atoms with Crippen molar-refractivity contribution in [3.05, 3.63) is 92.4 Å². The molecule has 0 saturated heterocycles. The molecule has 1 aromatic heterocycles. The minimum Gasteiger partial charge on any atom is -0.497 e. The first kappa shape index (κ1) is 25.4. The minimum atomic E-state index is -3.89. The van der Waals surface area contributed by atoms with Gasteiger partial charge in [0, 0.05) is 16.0 Å².